The molecule has 0 N–H and O–H groups in total. The van der Waals surface area contributed by atoms with Crippen molar-refractivity contribution in [3.8, 4) is 22.3 Å². The van der Waals surface area contributed by atoms with Crippen LogP contribution in [0.25, 0.3) is 87.9 Å². The van der Waals surface area contributed by atoms with Crippen LogP contribution in [0.1, 0.15) is 77.8 Å². The molecular formula is C54H38O2S. The molecule has 0 fully saturated rings. The summed E-state index contributed by atoms with van der Waals surface area (Å²) in [6.45, 7) is 9.85. The second kappa shape index (κ2) is 10.8. The molecule has 3 heterocycles. The van der Waals surface area contributed by atoms with Gasteiger partial charge in [-0.1, -0.05) is 125 Å². The van der Waals surface area contributed by atoms with Gasteiger partial charge in [0.1, 0.15) is 22.3 Å². The lowest BCUT2D eigenvalue weighted by Gasteiger charge is -2.35. The zero-order valence-electron chi connectivity index (χ0n) is 32.2. The fourth-order valence-corrected chi connectivity index (χ4v) is 13.2. The molecular weight excluding hydrogens is 713 g/mol. The van der Waals surface area contributed by atoms with Gasteiger partial charge < -0.3 is 8.83 Å². The first kappa shape index (κ1) is 32.0. The van der Waals surface area contributed by atoms with Crippen LogP contribution in [0, 0.1) is 0 Å². The number of hydrogen-bond acceptors (Lipinski definition) is 3. The predicted octanol–water partition coefficient (Wildman–Crippen LogP) is 15.4. The molecule has 0 aliphatic heterocycles. The highest BCUT2D eigenvalue weighted by atomic mass is 32.1. The van der Waals surface area contributed by atoms with Crippen molar-refractivity contribution in [1.82, 2.24) is 0 Å². The molecule has 2 atom stereocenters. The minimum absolute atomic E-state index is 0.0688. The third-order valence-corrected chi connectivity index (χ3v) is 15.3. The first-order valence-electron chi connectivity index (χ1n) is 20.2. The summed E-state index contributed by atoms with van der Waals surface area (Å²) < 4.78 is 14.1. The van der Waals surface area contributed by atoms with E-state index in [0.717, 1.165) is 33.1 Å². The van der Waals surface area contributed by atoms with Crippen molar-refractivity contribution >= 4 is 76.9 Å². The summed E-state index contributed by atoms with van der Waals surface area (Å²) >= 11 is 2.07. The maximum Gasteiger partial charge on any atom is 0.135 e. The van der Waals surface area contributed by atoms with Crippen LogP contribution in [0.4, 0.5) is 0 Å². The molecule has 3 aliphatic carbocycles. The van der Waals surface area contributed by atoms with Gasteiger partial charge in [0.05, 0.1) is 0 Å². The third-order valence-electron chi connectivity index (χ3n) is 14.0. The zero-order valence-corrected chi connectivity index (χ0v) is 33.1. The van der Waals surface area contributed by atoms with Crippen molar-refractivity contribution in [2.75, 3.05) is 0 Å². The molecule has 2 nitrogen and oxygen atoms in total. The van der Waals surface area contributed by atoms with Crippen LogP contribution >= 0.6 is 11.3 Å². The van der Waals surface area contributed by atoms with Gasteiger partial charge in [-0.15, -0.1) is 11.3 Å². The Morgan fingerprint density at radius 2 is 1.12 bits per heavy atom. The second-order valence-electron chi connectivity index (χ2n) is 17.6. The molecule has 7 aromatic carbocycles. The molecule has 10 aromatic rings. The van der Waals surface area contributed by atoms with Crippen molar-refractivity contribution in [1.29, 1.82) is 0 Å². The smallest absolute Gasteiger partial charge is 0.135 e. The number of allylic oxidation sites excluding steroid dienone is 1. The Kier molecular flexibility index (Phi) is 6.07. The van der Waals surface area contributed by atoms with E-state index in [9.17, 15) is 0 Å². The van der Waals surface area contributed by atoms with Gasteiger partial charge in [-0.2, -0.15) is 0 Å². The van der Waals surface area contributed by atoms with Gasteiger partial charge in [0.25, 0.3) is 0 Å². The number of benzene rings is 7. The Balaban J connectivity index is 1.14. The maximum atomic E-state index is 6.34. The molecule has 3 aromatic heterocycles. The normalized spacial score (nSPS) is 18.6. The van der Waals surface area contributed by atoms with Crippen molar-refractivity contribution in [2.45, 2.75) is 50.4 Å². The maximum absolute atomic E-state index is 6.34. The average Bonchev–Trinajstić information content (AvgIpc) is 4.01. The number of fused-ring (bicyclic) bond motifs is 17. The van der Waals surface area contributed by atoms with E-state index in [4.69, 9.17) is 8.83 Å². The first-order chi connectivity index (χ1) is 27.8. The van der Waals surface area contributed by atoms with Gasteiger partial charge in [-0.05, 0) is 115 Å². The summed E-state index contributed by atoms with van der Waals surface area (Å²) in [4.78, 5) is 1.51. The summed E-state index contributed by atoms with van der Waals surface area (Å²) in [5.41, 5.74) is 18.6. The summed E-state index contributed by atoms with van der Waals surface area (Å²) in [6, 6.07) is 51.5. The Hall–Kier alpha value is -6.16. The molecule has 0 bridgehead atoms. The molecule has 0 saturated carbocycles. The molecule has 3 aliphatic rings. The zero-order chi connectivity index (χ0) is 37.9. The topological polar surface area (TPSA) is 26.3 Å². The van der Waals surface area contributed by atoms with E-state index in [2.05, 4.69) is 185 Å². The summed E-state index contributed by atoms with van der Waals surface area (Å²) in [7, 11) is 0. The minimum atomic E-state index is -0.173. The highest BCUT2D eigenvalue weighted by Crippen LogP contribution is 2.66. The van der Waals surface area contributed by atoms with E-state index < -0.39 is 0 Å². The molecule has 13 rings (SSSR count). The van der Waals surface area contributed by atoms with E-state index in [1.54, 1.807) is 0 Å². The quantitative estimate of drug-likeness (QED) is 0.176. The molecule has 2 unspecified atom stereocenters. The molecule has 0 amide bonds. The van der Waals surface area contributed by atoms with E-state index in [1.165, 1.54) is 86.9 Å². The van der Waals surface area contributed by atoms with Crippen LogP contribution in [0.3, 0.4) is 0 Å². The van der Waals surface area contributed by atoms with E-state index in [1.807, 2.05) is 0 Å². The molecule has 57 heavy (non-hydrogen) atoms. The van der Waals surface area contributed by atoms with Crippen LogP contribution in [0.5, 0.6) is 0 Å². The van der Waals surface area contributed by atoms with Crippen LogP contribution in [0.15, 0.2) is 148 Å². The molecule has 0 saturated heterocycles. The lowest BCUT2D eigenvalue weighted by Crippen LogP contribution is -2.26. The van der Waals surface area contributed by atoms with Gasteiger partial charge in [0, 0.05) is 53.8 Å². The van der Waals surface area contributed by atoms with E-state index in [-0.39, 0.29) is 16.7 Å². The highest BCUT2D eigenvalue weighted by Gasteiger charge is 2.52. The Bertz CT molecular complexity index is 3430. The van der Waals surface area contributed by atoms with Gasteiger partial charge >= 0.3 is 0 Å². The number of thiophene rings is 1. The van der Waals surface area contributed by atoms with Crippen molar-refractivity contribution in [3.63, 3.8) is 0 Å². The Morgan fingerprint density at radius 3 is 1.86 bits per heavy atom. The summed E-state index contributed by atoms with van der Waals surface area (Å²) in [6.07, 6.45) is 2.58. The fourth-order valence-electron chi connectivity index (χ4n) is 11.4. The van der Waals surface area contributed by atoms with Crippen LogP contribution in [-0.4, -0.2) is 0 Å². The largest absolute Gasteiger partial charge is 0.456 e. The van der Waals surface area contributed by atoms with E-state index in [0.29, 0.717) is 5.92 Å². The molecule has 3 heteroatoms. The van der Waals surface area contributed by atoms with Crippen molar-refractivity contribution in [3.05, 3.63) is 178 Å². The van der Waals surface area contributed by atoms with Gasteiger partial charge in [-0.3, -0.25) is 0 Å². The fraction of sp³-hybridized carbons (Fsp3) is 0.148. The summed E-state index contributed by atoms with van der Waals surface area (Å²) in [5.74, 6) is 0.528. The van der Waals surface area contributed by atoms with Crippen LogP contribution in [-0.2, 0) is 10.8 Å². The van der Waals surface area contributed by atoms with Crippen LogP contribution < -0.4 is 0 Å². The molecule has 0 spiro atoms. The predicted molar refractivity (Wildman–Crippen MR) is 239 cm³/mol. The number of rotatable bonds is 2. The second-order valence-corrected chi connectivity index (χ2v) is 18.6. The first-order valence-corrected chi connectivity index (χ1v) is 21.0. The lowest BCUT2D eigenvalue weighted by atomic mass is 9.68. The Labute approximate surface area is 334 Å². The number of para-hydroxylation sites is 2. The van der Waals surface area contributed by atoms with Crippen LogP contribution in [0.2, 0.25) is 0 Å². The monoisotopic (exact) mass is 750 g/mol. The SMILES string of the molecule is CC1(C)c2ccccc2-c2c(-c3ccc4oc5ccccc5c4c3)cc3c4c(sc3c21)C1C(C(c2ccc3oc5ccccc5c3c2)=C4)c2ccccc2C1(C)C. The number of hydrogen-bond donors (Lipinski definition) is 0. The molecule has 0 radical (unpaired) electrons. The number of furan rings is 2. The van der Waals surface area contributed by atoms with E-state index >= 15 is 0 Å². The lowest BCUT2D eigenvalue weighted by molar-refractivity contribution is 0.434. The van der Waals surface area contributed by atoms with Crippen molar-refractivity contribution in [2.24, 2.45) is 0 Å². The average molecular weight is 751 g/mol. The van der Waals surface area contributed by atoms with Crippen molar-refractivity contribution < 1.29 is 8.83 Å². The minimum Gasteiger partial charge on any atom is -0.456 e. The third kappa shape index (κ3) is 4.05. The van der Waals surface area contributed by atoms with Gasteiger partial charge in [0.15, 0.2) is 0 Å². The van der Waals surface area contributed by atoms with Gasteiger partial charge in [0.2, 0.25) is 0 Å². The van der Waals surface area contributed by atoms with Gasteiger partial charge in [-0.25, -0.2) is 0 Å². The highest BCUT2D eigenvalue weighted by molar-refractivity contribution is 7.19. The Morgan fingerprint density at radius 1 is 0.526 bits per heavy atom. The molecule has 272 valence electrons. The summed E-state index contributed by atoms with van der Waals surface area (Å²) in [5, 5.41) is 6.02. The standard InChI is InChI=1S/C54H38O2S/c1-53(2)41-17-9-5-15-33(41)47-35(29-21-23-45-37(25-29)31-13-7-11-19-43(31)55-45)27-39-40-28-36(30-22-24-46-38(26-30)32-14-8-12-20-44(32)56-46)48-34-16-6-10-18-42(34)54(3,4)50(48)52(40)57-51(39)49(47)53/h5-28,47,49H,1-4H3.